The number of aromatic nitrogens is 2. The van der Waals surface area contributed by atoms with Gasteiger partial charge in [0.05, 0.1) is 11.3 Å². The summed E-state index contributed by atoms with van der Waals surface area (Å²) in [6.07, 6.45) is 3.47. The number of thioether (sulfide) groups is 1. The number of nitrogens with zero attached hydrogens (tertiary/aromatic N) is 3. The third-order valence-electron chi connectivity index (χ3n) is 4.43. The Morgan fingerprint density at radius 1 is 1.42 bits per heavy atom. The number of hydrogen-bond donors (Lipinski definition) is 0. The van der Waals surface area contributed by atoms with Crippen LogP contribution in [0, 0.1) is 12.8 Å². The summed E-state index contributed by atoms with van der Waals surface area (Å²) in [5.41, 5.74) is 0.777. The Labute approximate surface area is 146 Å². The highest BCUT2D eigenvalue weighted by Gasteiger charge is 2.25. The van der Waals surface area contributed by atoms with Gasteiger partial charge in [-0.15, -0.1) is 11.8 Å². The molecule has 0 aliphatic carbocycles. The second-order valence-corrected chi connectivity index (χ2v) is 7.20. The zero-order valence-corrected chi connectivity index (χ0v) is 15.0. The smallest absolute Gasteiger partial charge is 0.254 e. The third-order valence-corrected chi connectivity index (χ3v) is 5.50. The van der Waals surface area contributed by atoms with E-state index < -0.39 is 0 Å². The Kier molecular flexibility index (Phi) is 5.56. The molecule has 0 N–H and O–H groups in total. The summed E-state index contributed by atoms with van der Waals surface area (Å²) in [6.45, 7) is 5.71. The highest BCUT2D eigenvalue weighted by atomic mass is 32.2. The number of piperidine rings is 1. The molecule has 0 unspecified atom stereocenters. The molecule has 1 aliphatic heterocycles. The molecule has 2 heterocycles. The number of carbonyl (C=O) groups excluding carboxylic acids is 1. The van der Waals surface area contributed by atoms with Crippen LogP contribution in [0.1, 0.15) is 48.3 Å². The van der Waals surface area contributed by atoms with Gasteiger partial charge in [0.25, 0.3) is 5.91 Å². The molecular weight excluding hydrogens is 322 g/mol. The molecule has 0 bridgehead atoms. The van der Waals surface area contributed by atoms with E-state index in [1.807, 2.05) is 29.2 Å². The number of rotatable bonds is 5. The van der Waals surface area contributed by atoms with Gasteiger partial charge in [0.2, 0.25) is 5.89 Å². The number of likely N-dealkylation sites (tertiary alicyclic amines) is 1. The zero-order valence-electron chi connectivity index (χ0n) is 14.2. The predicted octanol–water partition coefficient (Wildman–Crippen LogP) is 3.93. The second-order valence-electron chi connectivity index (χ2n) is 6.18. The van der Waals surface area contributed by atoms with Crippen molar-refractivity contribution >= 4 is 17.7 Å². The molecule has 1 aliphatic rings. The topological polar surface area (TPSA) is 59.2 Å². The van der Waals surface area contributed by atoms with Crippen molar-refractivity contribution < 1.29 is 9.32 Å². The molecule has 0 radical (unpaired) electrons. The summed E-state index contributed by atoms with van der Waals surface area (Å²) in [6, 6.07) is 7.80. The van der Waals surface area contributed by atoms with E-state index in [9.17, 15) is 4.79 Å². The minimum atomic E-state index is 0.139. The van der Waals surface area contributed by atoms with Crippen molar-refractivity contribution in [2.75, 3.05) is 13.1 Å². The number of aryl methyl sites for hydroxylation is 1. The molecule has 1 fully saturated rings. The molecule has 2 aromatic rings. The van der Waals surface area contributed by atoms with Gasteiger partial charge in [-0.05, 0) is 30.9 Å². The average Bonchev–Trinajstić information content (AvgIpc) is 3.05. The van der Waals surface area contributed by atoms with Crippen LogP contribution in [0.25, 0.3) is 0 Å². The van der Waals surface area contributed by atoms with Gasteiger partial charge in [0.15, 0.2) is 5.82 Å². The monoisotopic (exact) mass is 345 g/mol. The minimum absolute atomic E-state index is 0.139. The van der Waals surface area contributed by atoms with Crippen LogP contribution in [-0.4, -0.2) is 34.0 Å². The first-order valence-corrected chi connectivity index (χ1v) is 9.46. The fraction of sp³-hybridized carbons (Fsp3) is 0.500. The van der Waals surface area contributed by atoms with Crippen LogP contribution in [0.2, 0.25) is 0 Å². The lowest BCUT2D eigenvalue weighted by Gasteiger charge is -2.32. The van der Waals surface area contributed by atoms with Gasteiger partial charge in [-0.3, -0.25) is 4.79 Å². The van der Waals surface area contributed by atoms with Crippen LogP contribution in [-0.2, 0) is 5.75 Å². The average molecular weight is 345 g/mol. The van der Waals surface area contributed by atoms with Crippen molar-refractivity contribution in [1.29, 1.82) is 0 Å². The highest BCUT2D eigenvalue weighted by Crippen LogP contribution is 2.28. The van der Waals surface area contributed by atoms with Gasteiger partial charge in [-0.25, -0.2) is 0 Å². The van der Waals surface area contributed by atoms with E-state index in [0.717, 1.165) is 36.4 Å². The summed E-state index contributed by atoms with van der Waals surface area (Å²) < 4.78 is 5.00. The summed E-state index contributed by atoms with van der Waals surface area (Å²) in [4.78, 5) is 20.2. The van der Waals surface area contributed by atoms with Gasteiger partial charge in [0.1, 0.15) is 0 Å². The van der Waals surface area contributed by atoms with Crippen LogP contribution in [0.3, 0.4) is 0 Å². The molecule has 1 atom stereocenters. The lowest BCUT2D eigenvalue weighted by molar-refractivity contribution is 0.0667. The summed E-state index contributed by atoms with van der Waals surface area (Å²) in [5.74, 6) is 2.59. The molecule has 6 heteroatoms. The van der Waals surface area contributed by atoms with Crippen molar-refractivity contribution in [3.8, 4) is 0 Å². The van der Waals surface area contributed by atoms with Crippen LogP contribution in [0.15, 0.2) is 33.7 Å². The lowest BCUT2D eigenvalue weighted by atomic mass is 9.95. The standard InChI is InChI=1S/C18H23N3O2S/c1-3-14-7-6-10-21(11-14)18(22)15-8-4-5-9-16(15)24-12-17-19-13(2)23-20-17/h4-5,8-9,14H,3,6-7,10-12H2,1-2H3/t14-/m0/s1. The first-order chi connectivity index (χ1) is 11.7. The summed E-state index contributed by atoms with van der Waals surface area (Å²) in [5, 5.41) is 3.91. The molecular formula is C18H23N3O2S. The van der Waals surface area contributed by atoms with Crippen LogP contribution in [0.4, 0.5) is 0 Å². The van der Waals surface area contributed by atoms with Gasteiger partial charge in [-0.2, -0.15) is 4.98 Å². The van der Waals surface area contributed by atoms with Gasteiger partial charge < -0.3 is 9.42 Å². The van der Waals surface area contributed by atoms with Crippen molar-refractivity contribution in [3.05, 3.63) is 41.5 Å². The fourth-order valence-corrected chi connectivity index (χ4v) is 3.95. The Bertz CT molecular complexity index is 701. The van der Waals surface area contributed by atoms with E-state index >= 15 is 0 Å². The minimum Gasteiger partial charge on any atom is -0.340 e. The molecule has 1 saturated heterocycles. The van der Waals surface area contributed by atoms with Gasteiger partial charge in [0, 0.05) is 24.9 Å². The molecule has 3 rings (SSSR count). The summed E-state index contributed by atoms with van der Waals surface area (Å²) in [7, 11) is 0. The predicted molar refractivity (Wildman–Crippen MR) is 94.0 cm³/mol. The maximum Gasteiger partial charge on any atom is 0.254 e. The molecule has 1 amide bonds. The fourth-order valence-electron chi connectivity index (χ4n) is 3.06. The largest absolute Gasteiger partial charge is 0.340 e. The van der Waals surface area contributed by atoms with E-state index in [1.165, 1.54) is 6.42 Å². The maximum atomic E-state index is 13.0. The quantitative estimate of drug-likeness (QED) is 0.768. The molecule has 24 heavy (non-hydrogen) atoms. The van der Waals surface area contributed by atoms with Crippen molar-refractivity contribution in [2.45, 2.75) is 43.8 Å². The highest BCUT2D eigenvalue weighted by molar-refractivity contribution is 7.98. The number of amides is 1. The van der Waals surface area contributed by atoms with Crippen molar-refractivity contribution in [2.24, 2.45) is 5.92 Å². The van der Waals surface area contributed by atoms with E-state index in [4.69, 9.17) is 4.52 Å². The van der Waals surface area contributed by atoms with E-state index in [0.29, 0.717) is 23.4 Å². The normalized spacial score (nSPS) is 17.9. The Hall–Kier alpha value is -1.82. The Morgan fingerprint density at radius 3 is 3.00 bits per heavy atom. The van der Waals surface area contributed by atoms with E-state index in [-0.39, 0.29) is 5.91 Å². The van der Waals surface area contributed by atoms with Gasteiger partial charge in [-0.1, -0.05) is 30.6 Å². The zero-order chi connectivity index (χ0) is 16.9. The number of benzene rings is 1. The molecule has 0 saturated carbocycles. The Balaban J connectivity index is 1.72. The van der Waals surface area contributed by atoms with Crippen molar-refractivity contribution in [1.82, 2.24) is 15.0 Å². The first-order valence-electron chi connectivity index (χ1n) is 8.47. The summed E-state index contributed by atoms with van der Waals surface area (Å²) >= 11 is 1.58. The molecule has 5 nitrogen and oxygen atoms in total. The molecule has 1 aromatic heterocycles. The van der Waals surface area contributed by atoms with Crippen LogP contribution in [0.5, 0.6) is 0 Å². The van der Waals surface area contributed by atoms with Gasteiger partial charge >= 0.3 is 0 Å². The number of carbonyl (C=O) groups is 1. The molecule has 1 aromatic carbocycles. The third kappa shape index (κ3) is 3.98. The lowest BCUT2D eigenvalue weighted by Crippen LogP contribution is -2.39. The van der Waals surface area contributed by atoms with Crippen LogP contribution < -0.4 is 0 Å². The molecule has 0 spiro atoms. The van der Waals surface area contributed by atoms with Crippen molar-refractivity contribution in [3.63, 3.8) is 0 Å². The second kappa shape index (κ2) is 7.83. The maximum absolute atomic E-state index is 13.0. The van der Waals surface area contributed by atoms with E-state index in [1.54, 1.807) is 18.7 Å². The van der Waals surface area contributed by atoms with E-state index in [2.05, 4.69) is 17.1 Å². The Morgan fingerprint density at radius 2 is 2.25 bits per heavy atom. The first kappa shape index (κ1) is 17.0. The SMILES string of the molecule is CC[C@H]1CCCN(C(=O)c2ccccc2SCc2noc(C)n2)C1. The molecule has 128 valence electrons. The number of hydrogen-bond acceptors (Lipinski definition) is 5. The van der Waals surface area contributed by atoms with Crippen LogP contribution >= 0.6 is 11.8 Å².